The van der Waals surface area contributed by atoms with Gasteiger partial charge in [-0.1, -0.05) is 0 Å². The van der Waals surface area contributed by atoms with E-state index in [0.29, 0.717) is 6.61 Å². The Balaban J connectivity index is 2.10. The second-order valence-electron chi connectivity index (χ2n) is 3.68. The second kappa shape index (κ2) is 4.56. The van der Waals surface area contributed by atoms with Crippen LogP contribution in [-0.2, 0) is 9.47 Å². The number of nitrogens with zero attached hydrogens (tertiary/aromatic N) is 1. The number of nitriles is 1. The third-order valence-electron chi connectivity index (χ3n) is 1.99. The van der Waals surface area contributed by atoms with Gasteiger partial charge in [0.15, 0.2) is 0 Å². The summed E-state index contributed by atoms with van der Waals surface area (Å²) in [4.78, 5) is 0. The van der Waals surface area contributed by atoms with Gasteiger partial charge >= 0.3 is 0 Å². The SMILES string of the molecule is CC(N)(C#N)COCC1CCCO1. The molecule has 1 aliphatic rings. The molecule has 0 aromatic rings. The zero-order valence-corrected chi connectivity index (χ0v) is 7.95. The van der Waals surface area contributed by atoms with Crippen molar-refractivity contribution in [2.24, 2.45) is 5.73 Å². The van der Waals surface area contributed by atoms with Crippen molar-refractivity contribution >= 4 is 0 Å². The van der Waals surface area contributed by atoms with Gasteiger partial charge in [0.05, 0.1) is 25.4 Å². The van der Waals surface area contributed by atoms with E-state index in [1.54, 1.807) is 6.92 Å². The first-order valence-electron chi connectivity index (χ1n) is 4.53. The van der Waals surface area contributed by atoms with E-state index in [4.69, 9.17) is 20.5 Å². The average Bonchev–Trinajstić information content (AvgIpc) is 2.57. The van der Waals surface area contributed by atoms with E-state index in [1.807, 2.05) is 6.07 Å². The molecule has 1 fully saturated rings. The Hall–Kier alpha value is -0.630. The first-order chi connectivity index (χ1) is 6.14. The fourth-order valence-corrected chi connectivity index (χ4v) is 1.21. The Morgan fingerprint density at radius 2 is 2.54 bits per heavy atom. The Kier molecular flexibility index (Phi) is 3.67. The highest BCUT2D eigenvalue weighted by molar-refractivity contribution is 5.00. The van der Waals surface area contributed by atoms with E-state index in [0.717, 1.165) is 19.4 Å². The molecule has 1 rings (SSSR count). The second-order valence-corrected chi connectivity index (χ2v) is 3.68. The summed E-state index contributed by atoms with van der Waals surface area (Å²) >= 11 is 0. The van der Waals surface area contributed by atoms with Gasteiger partial charge in [-0.2, -0.15) is 5.26 Å². The van der Waals surface area contributed by atoms with E-state index in [9.17, 15) is 0 Å². The van der Waals surface area contributed by atoms with Crippen LogP contribution in [0.5, 0.6) is 0 Å². The minimum Gasteiger partial charge on any atom is -0.376 e. The summed E-state index contributed by atoms with van der Waals surface area (Å²) in [6.45, 7) is 3.30. The van der Waals surface area contributed by atoms with E-state index < -0.39 is 5.54 Å². The van der Waals surface area contributed by atoms with Gasteiger partial charge in [0, 0.05) is 6.61 Å². The zero-order valence-electron chi connectivity index (χ0n) is 7.95. The number of hydrogen-bond acceptors (Lipinski definition) is 4. The third kappa shape index (κ3) is 3.73. The molecule has 0 aromatic carbocycles. The smallest absolute Gasteiger partial charge is 0.124 e. The van der Waals surface area contributed by atoms with Crippen LogP contribution in [0.4, 0.5) is 0 Å². The Bertz CT molecular complexity index is 192. The molecule has 0 bridgehead atoms. The largest absolute Gasteiger partial charge is 0.376 e. The van der Waals surface area contributed by atoms with Crippen molar-refractivity contribution < 1.29 is 9.47 Å². The summed E-state index contributed by atoms with van der Waals surface area (Å²) in [6, 6.07) is 1.98. The topological polar surface area (TPSA) is 68.3 Å². The first kappa shape index (κ1) is 10.5. The lowest BCUT2D eigenvalue weighted by molar-refractivity contribution is 0.00847. The van der Waals surface area contributed by atoms with Gasteiger partial charge in [0.1, 0.15) is 5.54 Å². The van der Waals surface area contributed by atoms with Crippen LogP contribution in [0.15, 0.2) is 0 Å². The maximum absolute atomic E-state index is 8.60. The van der Waals surface area contributed by atoms with Gasteiger partial charge in [-0.05, 0) is 19.8 Å². The lowest BCUT2D eigenvalue weighted by atomic mass is 10.1. The van der Waals surface area contributed by atoms with Gasteiger partial charge in [0.25, 0.3) is 0 Å². The summed E-state index contributed by atoms with van der Waals surface area (Å²) in [5.41, 5.74) is 4.70. The Labute approximate surface area is 78.6 Å². The number of ether oxygens (including phenoxy) is 2. The van der Waals surface area contributed by atoms with Crippen LogP contribution in [0.3, 0.4) is 0 Å². The highest BCUT2D eigenvalue weighted by Gasteiger charge is 2.20. The molecule has 1 saturated heterocycles. The molecule has 1 heterocycles. The van der Waals surface area contributed by atoms with Crippen LogP contribution >= 0.6 is 0 Å². The summed E-state index contributed by atoms with van der Waals surface area (Å²) in [6.07, 6.45) is 2.36. The van der Waals surface area contributed by atoms with E-state index in [-0.39, 0.29) is 12.7 Å². The fourth-order valence-electron chi connectivity index (χ4n) is 1.21. The van der Waals surface area contributed by atoms with E-state index >= 15 is 0 Å². The van der Waals surface area contributed by atoms with E-state index in [2.05, 4.69) is 0 Å². The molecule has 2 unspecified atom stereocenters. The van der Waals surface area contributed by atoms with Crippen LogP contribution in [0.1, 0.15) is 19.8 Å². The summed E-state index contributed by atoms with van der Waals surface area (Å²) < 4.78 is 10.7. The molecule has 4 heteroatoms. The molecular weight excluding hydrogens is 168 g/mol. The van der Waals surface area contributed by atoms with Crippen molar-refractivity contribution in [1.29, 1.82) is 5.26 Å². The van der Waals surface area contributed by atoms with Crippen LogP contribution in [0.25, 0.3) is 0 Å². The molecule has 1 aliphatic heterocycles. The summed E-state index contributed by atoms with van der Waals surface area (Å²) in [7, 11) is 0. The van der Waals surface area contributed by atoms with Crippen molar-refractivity contribution in [3.8, 4) is 6.07 Å². The minimum absolute atomic E-state index is 0.203. The quantitative estimate of drug-likeness (QED) is 0.687. The average molecular weight is 184 g/mol. The molecule has 0 aliphatic carbocycles. The highest BCUT2D eigenvalue weighted by Crippen LogP contribution is 2.12. The predicted molar refractivity (Wildman–Crippen MR) is 48.0 cm³/mol. The lowest BCUT2D eigenvalue weighted by Crippen LogP contribution is -2.40. The number of hydrogen-bond donors (Lipinski definition) is 1. The molecule has 0 saturated carbocycles. The van der Waals surface area contributed by atoms with Gasteiger partial charge in [-0.15, -0.1) is 0 Å². The molecular formula is C9H16N2O2. The van der Waals surface area contributed by atoms with Crippen LogP contribution < -0.4 is 5.73 Å². The van der Waals surface area contributed by atoms with E-state index in [1.165, 1.54) is 0 Å². The Morgan fingerprint density at radius 3 is 3.08 bits per heavy atom. The van der Waals surface area contributed by atoms with Gasteiger partial charge in [-0.25, -0.2) is 0 Å². The van der Waals surface area contributed by atoms with Gasteiger partial charge < -0.3 is 15.2 Å². The number of rotatable bonds is 4. The third-order valence-corrected chi connectivity index (χ3v) is 1.99. The van der Waals surface area contributed by atoms with Crippen molar-refractivity contribution in [2.45, 2.75) is 31.4 Å². The summed E-state index contributed by atoms with van der Waals surface area (Å²) in [5, 5.41) is 8.60. The van der Waals surface area contributed by atoms with Crippen molar-refractivity contribution in [3.63, 3.8) is 0 Å². The number of nitrogens with two attached hydrogens (primary N) is 1. The molecule has 2 atom stereocenters. The van der Waals surface area contributed by atoms with Gasteiger partial charge in [0.2, 0.25) is 0 Å². The molecule has 0 radical (unpaired) electrons. The lowest BCUT2D eigenvalue weighted by Gasteiger charge is -2.17. The molecule has 13 heavy (non-hydrogen) atoms. The monoisotopic (exact) mass is 184 g/mol. The van der Waals surface area contributed by atoms with Crippen molar-refractivity contribution in [1.82, 2.24) is 0 Å². The molecule has 0 amide bonds. The highest BCUT2D eigenvalue weighted by atomic mass is 16.5. The van der Waals surface area contributed by atoms with Crippen LogP contribution in [0, 0.1) is 11.3 Å². The standard InChI is InChI=1S/C9H16N2O2/c1-9(11,6-10)7-12-5-8-3-2-4-13-8/h8H,2-5,7,11H2,1H3. The predicted octanol–water partition coefficient (Wildman–Crippen LogP) is 0.423. The normalized spacial score (nSPS) is 26.7. The molecule has 74 valence electrons. The molecule has 0 spiro atoms. The van der Waals surface area contributed by atoms with Crippen molar-refractivity contribution in [2.75, 3.05) is 19.8 Å². The van der Waals surface area contributed by atoms with Crippen molar-refractivity contribution in [3.05, 3.63) is 0 Å². The maximum Gasteiger partial charge on any atom is 0.124 e. The summed E-state index contributed by atoms with van der Waals surface area (Å²) in [5.74, 6) is 0. The van der Waals surface area contributed by atoms with Crippen LogP contribution in [-0.4, -0.2) is 31.5 Å². The maximum atomic E-state index is 8.60. The molecule has 0 aromatic heterocycles. The van der Waals surface area contributed by atoms with Gasteiger partial charge in [-0.3, -0.25) is 0 Å². The minimum atomic E-state index is -0.876. The molecule has 2 N–H and O–H groups in total. The first-order valence-corrected chi connectivity index (χ1v) is 4.53. The zero-order chi connectivity index (χ0) is 9.73. The fraction of sp³-hybridized carbons (Fsp3) is 0.889. The Morgan fingerprint density at radius 1 is 1.77 bits per heavy atom. The molecule has 4 nitrogen and oxygen atoms in total. The van der Waals surface area contributed by atoms with Crippen LogP contribution in [0.2, 0.25) is 0 Å².